The van der Waals surface area contributed by atoms with Gasteiger partial charge in [0.05, 0.1) is 5.56 Å². The van der Waals surface area contributed by atoms with Crippen molar-refractivity contribution in [1.82, 2.24) is 4.90 Å². The van der Waals surface area contributed by atoms with Crippen molar-refractivity contribution >= 4 is 27.4 Å². The lowest BCUT2D eigenvalue weighted by Crippen LogP contribution is -2.44. The number of allylic oxidation sites excluding steroid dienone is 1. The molecule has 3 rings (SSSR count). The molecule has 0 aliphatic carbocycles. The molecule has 2 aromatic rings. The molecule has 1 aliphatic rings. The molecule has 1 saturated heterocycles. The van der Waals surface area contributed by atoms with E-state index < -0.39 is 11.7 Å². The number of benzene rings is 2. The molecule has 0 spiro atoms. The Labute approximate surface area is 164 Å². The molecule has 1 fully saturated rings. The highest BCUT2D eigenvalue weighted by atomic mass is 79.9. The van der Waals surface area contributed by atoms with Crippen LogP contribution in [0.25, 0.3) is 0 Å². The van der Waals surface area contributed by atoms with Crippen LogP contribution in [-0.4, -0.2) is 36.9 Å². The molecule has 0 N–H and O–H groups in total. The molecule has 1 heterocycles. The van der Waals surface area contributed by atoms with E-state index in [0.29, 0.717) is 37.4 Å². The average Bonchev–Trinajstić information content (AvgIpc) is 2.66. The summed E-state index contributed by atoms with van der Waals surface area (Å²) in [6.45, 7) is 2.47. The fourth-order valence-electron chi connectivity index (χ4n) is 2.89. The van der Waals surface area contributed by atoms with Crippen molar-refractivity contribution in [1.29, 1.82) is 0 Å². The molecule has 7 heteroatoms. The molecule has 27 heavy (non-hydrogen) atoms. The SMILES string of the molecule is O=C(/C=C\N1CCN(c2cccc(C(F)(F)F)c2)CC1)c1ccc(Br)cc1. The van der Waals surface area contributed by atoms with Crippen molar-refractivity contribution in [3.05, 3.63) is 76.4 Å². The van der Waals surface area contributed by atoms with Gasteiger partial charge in [-0.3, -0.25) is 4.79 Å². The van der Waals surface area contributed by atoms with Gasteiger partial charge in [0.2, 0.25) is 0 Å². The largest absolute Gasteiger partial charge is 0.416 e. The lowest BCUT2D eigenvalue weighted by molar-refractivity contribution is -0.137. The number of hydrogen-bond acceptors (Lipinski definition) is 3. The van der Waals surface area contributed by atoms with Crippen LogP contribution in [0.5, 0.6) is 0 Å². The van der Waals surface area contributed by atoms with E-state index >= 15 is 0 Å². The summed E-state index contributed by atoms with van der Waals surface area (Å²) >= 11 is 3.33. The number of anilines is 1. The van der Waals surface area contributed by atoms with Gasteiger partial charge in [0, 0.05) is 54.2 Å². The highest BCUT2D eigenvalue weighted by Crippen LogP contribution is 2.31. The normalized spacial score (nSPS) is 15.4. The summed E-state index contributed by atoms with van der Waals surface area (Å²) in [5, 5.41) is 0. The molecule has 0 unspecified atom stereocenters. The van der Waals surface area contributed by atoms with Gasteiger partial charge in [-0.2, -0.15) is 13.2 Å². The second kappa shape index (κ2) is 8.17. The number of nitrogens with zero attached hydrogens (tertiary/aromatic N) is 2. The number of alkyl halides is 3. The topological polar surface area (TPSA) is 23.6 Å². The van der Waals surface area contributed by atoms with Gasteiger partial charge in [-0.05, 0) is 42.5 Å². The number of rotatable bonds is 4. The Morgan fingerprint density at radius 2 is 1.67 bits per heavy atom. The molecule has 0 bridgehead atoms. The molecule has 0 amide bonds. The van der Waals surface area contributed by atoms with Crippen molar-refractivity contribution < 1.29 is 18.0 Å². The summed E-state index contributed by atoms with van der Waals surface area (Å²) in [5.41, 5.74) is 0.541. The minimum atomic E-state index is -4.34. The number of halogens is 4. The first kappa shape index (κ1) is 19.5. The first-order chi connectivity index (χ1) is 12.8. The van der Waals surface area contributed by atoms with Crippen LogP contribution in [0.2, 0.25) is 0 Å². The number of carbonyl (C=O) groups excluding carboxylic acids is 1. The van der Waals surface area contributed by atoms with Gasteiger partial charge < -0.3 is 9.80 Å². The highest BCUT2D eigenvalue weighted by Gasteiger charge is 2.31. The lowest BCUT2D eigenvalue weighted by atomic mass is 10.1. The molecule has 1 aliphatic heterocycles. The van der Waals surface area contributed by atoms with Gasteiger partial charge >= 0.3 is 6.18 Å². The summed E-state index contributed by atoms with van der Waals surface area (Å²) in [6, 6.07) is 12.5. The molecular weight excluding hydrogens is 421 g/mol. The van der Waals surface area contributed by atoms with Gasteiger partial charge in [0.1, 0.15) is 0 Å². The maximum atomic E-state index is 12.9. The molecule has 2 aromatic carbocycles. The van der Waals surface area contributed by atoms with Crippen molar-refractivity contribution in [3.63, 3.8) is 0 Å². The van der Waals surface area contributed by atoms with Crippen LogP contribution in [0, 0.1) is 0 Å². The van der Waals surface area contributed by atoms with Crippen LogP contribution >= 0.6 is 15.9 Å². The maximum absolute atomic E-state index is 12.9. The summed E-state index contributed by atoms with van der Waals surface area (Å²) < 4.78 is 39.5. The third-order valence-electron chi connectivity index (χ3n) is 4.42. The first-order valence-electron chi connectivity index (χ1n) is 8.47. The third-order valence-corrected chi connectivity index (χ3v) is 4.95. The Bertz CT molecular complexity index is 826. The Morgan fingerprint density at radius 3 is 2.30 bits per heavy atom. The van der Waals surface area contributed by atoms with E-state index in [1.54, 1.807) is 24.4 Å². The zero-order chi connectivity index (χ0) is 19.4. The lowest BCUT2D eigenvalue weighted by Gasteiger charge is -2.35. The first-order valence-corrected chi connectivity index (χ1v) is 9.26. The quantitative estimate of drug-likeness (QED) is 0.496. The Balaban J connectivity index is 1.57. The minimum Gasteiger partial charge on any atom is -0.374 e. The van der Waals surface area contributed by atoms with E-state index in [4.69, 9.17) is 0 Å². The average molecular weight is 439 g/mol. The molecule has 0 saturated carbocycles. The number of hydrogen-bond donors (Lipinski definition) is 0. The van der Waals surface area contributed by atoms with E-state index in [1.165, 1.54) is 18.2 Å². The summed E-state index contributed by atoms with van der Waals surface area (Å²) in [7, 11) is 0. The molecular formula is C20H18BrF3N2O. The van der Waals surface area contributed by atoms with Crippen molar-refractivity contribution in [3.8, 4) is 0 Å². The molecule has 142 valence electrons. The number of carbonyl (C=O) groups is 1. The minimum absolute atomic E-state index is 0.0807. The Morgan fingerprint density at radius 1 is 1.00 bits per heavy atom. The van der Waals surface area contributed by atoms with Crippen LogP contribution in [0.4, 0.5) is 18.9 Å². The zero-order valence-corrected chi connectivity index (χ0v) is 16.0. The molecule has 3 nitrogen and oxygen atoms in total. The zero-order valence-electron chi connectivity index (χ0n) is 14.4. The third kappa shape index (κ3) is 5.13. The van der Waals surface area contributed by atoms with Crippen LogP contribution in [-0.2, 0) is 6.18 Å². The number of piperazine rings is 1. The monoisotopic (exact) mass is 438 g/mol. The fourth-order valence-corrected chi connectivity index (χ4v) is 3.16. The van der Waals surface area contributed by atoms with Crippen molar-refractivity contribution in [2.45, 2.75) is 6.18 Å². The summed E-state index contributed by atoms with van der Waals surface area (Å²) in [4.78, 5) is 16.1. The second-order valence-electron chi connectivity index (χ2n) is 6.26. The van der Waals surface area contributed by atoms with Crippen LogP contribution in [0.15, 0.2) is 65.3 Å². The molecule has 0 aromatic heterocycles. The molecule has 0 radical (unpaired) electrons. The van der Waals surface area contributed by atoms with E-state index in [2.05, 4.69) is 15.9 Å². The maximum Gasteiger partial charge on any atom is 0.416 e. The Kier molecular flexibility index (Phi) is 5.89. The standard InChI is InChI=1S/C20H18BrF3N2O/c21-17-6-4-15(5-7-17)19(27)8-9-25-10-12-26(13-11-25)18-3-1-2-16(14-18)20(22,23)24/h1-9,14H,10-13H2/b9-8-. The van der Waals surface area contributed by atoms with E-state index in [9.17, 15) is 18.0 Å². The summed E-state index contributed by atoms with van der Waals surface area (Å²) in [6.07, 6.45) is -1.05. The second-order valence-corrected chi connectivity index (χ2v) is 7.17. The van der Waals surface area contributed by atoms with Crippen molar-refractivity contribution in [2.75, 3.05) is 31.1 Å². The van der Waals surface area contributed by atoms with E-state index in [0.717, 1.165) is 10.5 Å². The van der Waals surface area contributed by atoms with E-state index in [-0.39, 0.29) is 5.78 Å². The van der Waals surface area contributed by atoms with Gasteiger partial charge in [0.15, 0.2) is 5.78 Å². The van der Waals surface area contributed by atoms with Crippen molar-refractivity contribution in [2.24, 2.45) is 0 Å². The summed E-state index contributed by atoms with van der Waals surface area (Å²) in [5.74, 6) is -0.0807. The van der Waals surface area contributed by atoms with Gasteiger partial charge in [-0.25, -0.2) is 0 Å². The van der Waals surface area contributed by atoms with E-state index in [1.807, 2.05) is 21.9 Å². The molecule has 0 atom stereocenters. The Hall–Kier alpha value is -2.28. The predicted octanol–water partition coefficient (Wildman–Crippen LogP) is 4.99. The smallest absolute Gasteiger partial charge is 0.374 e. The van der Waals surface area contributed by atoms with Gasteiger partial charge in [-0.1, -0.05) is 22.0 Å². The van der Waals surface area contributed by atoms with Crippen LogP contribution in [0.3, 0.4) is 0 Å². The fraction of sp³-hybridized carbons (Fsp3) is 0.250. The predicted molar refractivity (Wildman–Crippen MR) is 103 cm³/mol. The van der Waals surface area contributed by atoms with Crippen LogP contribution < -0.4 is 4.90 Å². The van der Waals surface area contributed by atoms with Gasteiger partial charge in [-0.15, -0.1) is 0 Å². The highest BCUT2D eigenvalue weighted by molar-refractivity contribution is 9.10. The number of ketones is 1. The van der Waals surface area contributed by atoms with Gasteiger partial charge in [0.25, 0.3) is 0 Å². The van der Waals surface area contributed by atoms with Crippen LogP contribution in [0.1, 0.15) is 15.9 Å².